The molecule has 0 saturated heterocycles. The molecule has 1 aromatic carbocycles. The molecule has 1 saturated carbocycles. The summed E-state index contributed by atoms with van der Waals surface area (Å²) in [6.45, 7) is 2.03. The van der Waals surface area contributed by atoms with Crippen LogP contribution in [0.3, 0.4) is 0 Å². The third-order valence-corrected chi connectivity index (χ3v) is 5.07. The first-order valence-electron chi connectivity index (χ1n) is 6.37. The topological polar surface area (TPSA) is 43.1 Å². The third-order valence-electron chi connectivity index (χ3n) is 3.60. The highest BCUT2D eigenvalue weighted by molar-refractivity contribution is 7.85. The van der Waals surface area contributed by atoms with Crippen molar-refractivity contribution in [3.8, 4) is 0 Å². The highest BCUT2D eigenvalue weighted by Crippen LogP contribution is 2.27. The molecular weight excluding hydrogens is 230 g/mol. The predicted molar refractivity (Wildman–Crippen MR) is 72.4 cm³/mol. The SMILES string of the molecule is Cc1cccc(S(=O)CC(N)C2CCCC2)c1. The Kier molecular flexibility index (Phi) is 4.35. The summed E-state index contributed by atoms with van der Waals surface area (Å²) < 4.78 is 12.2. The van der Waals surface area contributed by atoms with Gasteiger partial charge in [-0.2, -0.15) is 0 Å². The molecule has 1 aliphatic rings. The van der Waals surface area contributed by atoms with Crippen LogP contribution in [0.4, 0.5) is 0 Å². The number of aryl methyl sites for hydroxylation is 1. The van der Waals surface area contributed by atoms with E-state index in [4.69, 9.17) is 5.73 Å². The molecular formula is C14H21NOS. The van der Waals surface area contributed by atoms with Crippen LogP contribution in [0.1, 0.15) is 31.2 Å². The maximum Gasteiger partial charge on any atom is 0.0545 e. The summed E-state index contributed by atoms with van der Waals surface area (Å²) >= 11 is 0. The number of rotatable bonds is 4. The molecule has 94 valence electrons. The lowest BCUT2D eigenvalue weighted by atomic mass is 10.0. The summed E-state index contributed by atoms with van der Waals surface area (Å²) in [4.78, 5) is 0.915. The van der Waals surface area contributed by atoms with Gasteiger partial charge in [0.25, 0.3) is 0 Å². The first-order chi connectivity index (χ1) is 8.16. The summed E-state index contributed by atoms with van der Waals surface area (Å²) in [5.41, 5.74) is 7.32. The van der Waals surface area contributed by atoms with Gasteiger partial charge in [0.1, 0.15) is 0 Å². The number of hydrogen-bond acceptors (Lipinski definition) is 2. The second-order valence-electron chi connectivity index (χ2n) is 5.04. The van der Waals surface area contributed by atoms with Crippen molar-refractivity contribution in [2.24, 2.45) is 11.7 Å². The van der Waals surface area contributed by atoms with Crippen LogP contribution in [0.25, 0.3) is 0 Å². The molecule has 3 heteroatoms. The standard InChI is InChI=1S/C14H21NOS/c1-11-5-4-8-13(9-11)17(16)10-14(15)12-6-2-3-7-12/h4-5,8-9,12,14H,2-3,6-7,10,15H2,1H3. The van der Waals surface area contributed by atoms with E-state index in [-0.39, 0.29) is 6.04 Å². The van der Waals surface area contributed by atoms with Gasteiger partial charge < -0.3 is 5.73 Å². The van der Waals surface area contributed by atoms with Crippen LogP contribution >= 0.6 is 0 Å². The Morgan fingerprint density at radius 1 is 1.41 bits per heavy atom. The second kappa shape index (κ2) is 5.78. The first kappa shape index (κ1) is 12.8. The van der Waals surface area contributed by atoms with Crippen molar-refractivity contribution >= 4 is 10.8 Å². The Balaban J connectivity index is 1.96. The van der Waals surface area contributed by atoms with Gasteiger partial charge in [0.2, 0.25) is 0 Å². The van der Waals surface area contributed by atoms with Crippen LogP contribution in [0.2, 0.25) is 0 Å². The molecule has 17 heavy (non-hydrogen) atoms. The Bertz CT molecular complexity index is 399. The summed E-state index contributed by atoms with van der Waals surface area (Å²) in [7, 11) is -0.945. The van der Waals surface area contributed by atoms with E-state index >= 15 is 0 Å². The van der Waals surface area contributed by atoms with Gasteiger partial charge in [0, 0.05) is 16.7 Å². The minimum absolute atomic E-state index is 0.0962. The number of hydrogen-bond donors (Lipinski definition) is 1. The van der Waals surface area contributed by atoms with E-state index in [1.807, 2.05) is 31.2 Å². The highest BCUT2D eigenvalue weighted by atomic mass is 32.2. The summed E-state index contributed by atoms with van der Waals surface area (Å²) in [5, 5.41) is 0. The van der Waals surface area contributed by atoms with E-state index in [1.165, 1.54) is 25.7 Å². The molecule has 2 N–H and O–H groups in total. The fourth-order valence-electron chi connectivity index (χ4n) is 2.55. The van der Waals surface area contributed by atoms with Gasteiger partial charge >= 0.3 is 0 Å². The zero-order chi connectivity index (χ0) is 12.3. The average Bonchev–Trinajstić information content (AvgIpc) is 2.82. The molecule has 2 rings (SSSR count). The zero-order valence-corrected chi connectivity index (χ0v) is 11.2. The summed E-state index contributed by atoms with van der Waals surface area (Å²) in [6, 6.07) is 8.02. The van der Waals surface area contributed by atoms with Crippen molar-refractivity contribution in [1.29, 1.82) is 0 Å². The van der Waals surface area contributed by atoms with Crippen molar-refractivity contribution in [3.05, 3.63) is 29.8 Å². The number of nitrogens with two attached hydrogens (primary N) is 1. The lowest BCUT2D eigenvalue weighted by Crippen LogP contribution is -2.34. The first-order valence-corrected chi connectivity index (χ1v) is 7.69. The minimum atomic E-state index is -0.945. The molecule has 0 radical (unpaired) electrons. The molecule has 0 bridgehead atoms. The van der Waals surface area contributed by atoms with Crippen LogP contribution in [0.5, 0.6) is 0 Å². The van der Waals surface area contributed by atoms with E-state index in [0.717, 1.165) is 10.5 Å². The molecule has 1 aromatic rings. The molecule has 0 spiro atoms. The largest absolute Gasteiger partial charge is 0.327 e. The van der Waals surface area contributed by atoms with Crippen molar-refractivity contribution in [2.45, 2.75) is 43.5 Å². The maximum absolute atomic E-state index is 12.2. The number of benzene rings is 1. The van der Waals surface area contributed by atoms with Gasteiger partial charge in [0.05, 0.1) is 10.8 Å². The van der Waals surface area contributed by atoms with Gasteiger partial charge in [-0.15, -0.1) is 0 Å². The fraction of sp³-hybridized carbons (Fsp3) is 0.571. The van der Waals surface area contributed by atoms with Crippen LogP contribution in [-0.4, -0.2) is 16.0 Å². The Morgan fingerprint density at radius 2 is 2.12 bits per heavy atom. The molecule has 2 unspecified atom stereocenters. The van der Waals surface area contributed by atoms with E-state index < -0.39 is 10.8 Å². The quantitative estimate of drug-likeness (QED) is 0.894. The minimum Gasteiger partial charge on any atom is -0.327 e. The van der Waals surface area contributed by atoms with E-state index in [1.54, 1.807) is 0 Å². The second-order valence-corrected chi connectivity index (χ2v) is 6.53. The molecule has 0 aromatic heterocycles. The fourth-order valence-corrected chi connectivity index (χ4v) is 3.91. The van der Waals surface area contributed by atoms with Crippen molar-refractivity contribution < 1.29 is 4.21 Å². The van der Waals surface area contributed by atoms with Gasteiger partial charge in [-0.25, -0.2) is 0 Å². The zero-order valence-electron chi connectivity index (χ0n) is 10.4. The third kappa shape index (κ3) is 3.39. The normalized spacial score (nSPS) is 20.4. The van der Waals surface area contributed by atoms with E-state index in [2.05, 4.69) is 0 Å². The monoisotopic (exact) mass is 251 g/mol. The summed E-state index contributed by atoms with van der Waals surface area (Å²) in [6.07, 6.45) is 5.00. The van der Waals surface area contributed by atoms with Crippen LogP contribution in [0, 0.1) is 12.8 Å². The van der Waals surface area contributed by atoms with Crippen molar-refractivity contribution in [2.75, 3.05) is 5.75 Å². The van der Waals surface area contributed by atoms with Crippen molar-refractivity contribution in [3.63, 3.8) is 0 Å². The van der Waals surface area contributed by atoms with Gasteiger partial charge in [-0.3, -0.25) is 4.21 Å². The lowest BCUT2D eigenvalue weighted by Gasteiger charge is -2.18. The molecule has 0 heterocycles. The average molecular weight is 251 g/mol. The molecule has 0 aliphatic heterocycles. The maximum atomic E-state index is 12.2. The smallest absolute Gasteiger partial charge is 0.0545 e. The van der Waals surface area contributed by atoms with Crippen LogP contribution in [-0.2, 0) is 10.8 Å². The Hall–Kier alpha value is -0.670. The molecule has 0 amide bonds. The molecule has 1 fully saturated rings. The van der Waals surface area contributed by atoms with Gasteiger partial charge in [-0.05, 0) is 43.4 Å². The summed E-state index contributed by atoms with van der Waals surface area (Å²) in [5.74, 6) is 1.19. The van der Waals surface area contributed by atoms with Gasteiger partial charge in [0.15, 0.2) is 0 Å². The Labute approximate surface area is 106 Å². The molecule has 2 nitrogen and oxygen atoms in total. The van der Waals surface area contributed by atoms with Gasteiger partial charge in [-0.1, -0.05) is 25.0 Å². The highest BCUT2D eigenvalue weighted by Gasteiger charge is 2.23. The van der Waals surface area contributed by atoms with E-state index in [9.17, 15) is 4.21 Å². The van der Waals surface area contributed by atoms with Crippen LogP contribution < -0.4 is 5.73 Å². The Morgan fingerprint density at radius 3 is 2.76 bits per heavy atom. The van der Waals surface area contributed by atoms with Crippen molar-refractivity contribution in [1.82, 2.24) is 0 Å². The lowest BCUT2D eigenvalue weighted by molar-refractivity contribution is 0.460. The van der Waals surface area contributed by atoms with E-state index in [0.29, 0.717) is 11.7 Å². The molecule has 1 aliphatic carbocycles. The van der Waals surface area contributed by atoms with Crippen LogP contribution in [0.15, 0.2) is 29.2 Å². The molecule has 2 atom stereocenters. The predicted octanol–water partition coefficient (Wildman–Crippen LogP) is 2.62.